The first kappa shape index (κ1) is 12.0. The fraction of sp³-hybridized carbons (Fsp3) is 0.0714. The van der Waals surface area contributed by atoms with E-state index in [1.54, 1.807) is 24.4 Å². The van der Waals surface area contributed by atoms with Gasteiger partial charge in [-0.2, -0.15) is 0 Å². The van der Waals surface area contributed by atoms with Gasteiger partial charge in [0.1, 0.15) is 6.61 Å². The van der Waals surface area contributed by atoms with Gasteiger partial charge in [-0.3, -0.25) is 4.90 Å². The summed E-state index contributed by atoms with van der Waals surface area (Å²) in [7, 11) is 0. The Hall–Kier alpha value is -2.49. The van der Waals surface area contributed by atoms with E-state index in [1.807, 2.05) is 30.3 Å². The van der Waals surface area contributed by atoms with Gasteiger partial charge in [0.2, 0.25) is 0 Å². The van der Waals surface area contributed by atoms with Crippen LogP contribution in [0, 0.1) is 0 Å². The first-order valence-corrected chi connectivity index (χ1v) is 5.57. The van der Waals surface area contributed by atoms with Gasteiger partial charge >= 0.3 is 6.09 Å². The van der Waals surface area contributed by atoms with Crippen molar-refractivity contribution in [3.63, 3.8) is 0 Å². The highest BCUT2D eigenvalue weighted by molar-refractivity contribution is 5.70. The zero-order chi connectivity index (χ0) is 12.8. The highest BCUT2D eigenvalue weighted by atomic mass is 16.6. The van der Waals surface area contributed by atoms with Crippen LogP contribution >= 0.6 is 0 Å². The molecule has 1 heterocycles. The Morgan fingerprint density at radius 3 is 2.78 bits per heavy atom. The first-order chi connectivity index (χ1) is 8.75. The average Bonchev–Trinajstić information content (AvgIpc) is 2.62. The molecule has 0 radical (unpaired) electrons. The second-order valence-electron chi connectivity index (χ2n) is 3.78. The normalized spacial score (nSPS) is 14.0. The lowest BCUT2D eigenvalue weighted by Crippen LogP contribution is -2.22. The van der Waals surface area contributed by atoms with Gasteiger partial charge in [-0.05, 0) is 17.7 Å². The molecule has 0 aliphatic carbocycles. The quantitative estimate of drug-likeness (QED) is 0.866. The number of carbonyl (C=O) groups is 1. The summed E-state index contributed by atoms with van der Waals surface area (Å²) in [6.45, 7) is 0.241. The molecule has 0 bridgehead atoms. The molecule has 0 aromatic heterocycles. The summed E-state index contributed by atoms with van der Waals surface area (Å²) < 4.78 is 5.18. The molecule has 4 nitrogen and oxygen atoms in total. The Balaban J connectivity index is 1.94. The van der Waals surface area contributed by atoms with Crippen molar-refractivity contribution in [1.82, 2.24) is 4.90 Å². The maximum absolute atomic E-state index is 11.8. The van der Waals surface area contributed by atoms with Gasteiger partial charge in [-0.15, -0.1) is 0 Å². The topological polar surface area (TPSA) is 55.6 Å². The van der Waals surface area contributed by atoms with Crippen molar-refractivity contribution in [2.75, 3.05) is 0 Å². The van der Waals surface area contributed by atoms with Crippen molar-refractivity contribution in [2.45, 2.75) is 6.61 Å². The SMILES string of the molecule is NC1=CN(C(=O)OCc2ccccc2)C=CC=C1. The third-order valence-electron chi connectivity index (χ3n) is 2.35. The zero-order valence-corrected chi connectivity index (χ0v) is 9.82. The van der Waals surface area contributed by atoms with Crippen LogP contribution in [0.2, 0.25) is 0 Å². The van der Waals surface area contributed by atoms with E-state index in [9.17, 15) is 4.79 Å². The number of rotatable bonds is 2. The van der Waals surface area contributed by atoms with Crippen molar-refractivity contribution < 1.29 is 9.53 Å². The van der Waals surface area contributed by atoms with E-state index in [4.69, 9.17) is 10.5 Å². The minimum absolute atomic E-state index is 0.241. The van der Waals surface area contributed by atoms with Crippen molar-refractivity contribution in [3.8, 4) is 0 Å². The standard InChI is InChI=1S/C14H14N2O2/c15-13-8-4-5-9-16(10-13)14(17)18-11-12-6-2-1-3-7-12/h1-10H,11,15H2. The summed E-state index contributed by atoms with van der Waals surface area (Å²) >= 11 is 0. The molecule has 1 amide bonds. The second kappa shape index (κ2) is 5.72. The van der Waals surface area contributed by atoms with Crippen LogP contribution in [-0.2, 0) is 11.3 Å². The van der Waals surface area contributed by atoms with Crippen LogP contribution in [0.15, 0.2) is 66.7 Å². The molecule has 18 heavy (non-hydrogen) atoms. The number of nitrogens with zero attached hydrogens (tertiary/aromatic N) is 1. The number of hydrogen-bond acceptors (Lipinski definition) is 3. The fourth-order valence-electron chi connectivity index (χ4n) is 1.46. The molecule has 0 saturated carbocycles. The Morgan fingerprint density at radius 1 is 1.22 bits per heavy atom. The lowest BCUT2D eigenvalue weighted by atomic mass is 10.2. The first-order valence-electron chi connectivity index (χ1n) is 5.57. The molecule has 1 aliphatic heterocycles. The summed E-state index contributed by atoms with van der Waals surface area (Å²) in [6, 6.07) is 9.51. The predicted molar refractivity (Wildman–Crippen MR) is 69.0 cm³/mol. The average molecular weight is 242 g/mol. The van der Waals surface area contributed by atoms with Crippen LogP contribution < -0.4 is 5.73 Å². The van der Waals surface area contributed by atoms with Gasteiger partial charge in [0.15, 0.2) is 0 Å². The number of allylic oxidation sites excluding steroid dienone is 3. The van der Waals surface area contributed by atoms with Crippen molar-refractivity contribution in [2.24, 2.45) is 5.73 Å². The fourth-order valence-corrected chi connectivity index (χ4v) is 1.46. The van der Waals surface area contributed by atoms with Crippen molar-refractivity contribution in [1.29, 1.82) is 0 Å². The highest BCUT2D eigenvalue weighted by Crippen LogP contribution is 2.07. The van der Waals surface area contributed by atoms with E-state index < -0.39 is 6.09 Å². The molecule has 0 spiro atoms. The van der Waals surface area contributed by atoms with Crippen molar-refractivity contribution >= 4 is 6.09 Å². The molecule has 0 saturated heterocycles. The number of nitrogens with two attached hydrogens (primary N) is 1. The van der Waals surface area contributed by atoms with Crippen LogP contribution in [-0.4, -0.2) is 11.0 Å². The third-order valence-corrected chi connectivity index (χ3v) is 2.35. The third kappa shape index (κ3) is 3.25. The molecule has 2 N–H and O–H groups in total. The molecule has 0 unspecified atom stereocenters. The molecule has 1 aliphatic rings. The Bertz CT molecular complexity index is 504. The smallest absolute Gasteiger partial charge is 0.418 e. The van der Waals surface area contributed by atoms with Crippen molar-refractivity contribution in [3.05, 3.63) is 72.2 Å². The van der Waals surface area contributed by atoms with Gasteiger partial charge in [0.25, 0.3) is 0 Å². The van der Waals surface area contributed by atoms with Crippen LogP contribution in [0.5, 0.6) is 0 Å². The minimum atomic E-state index is -0.457. The van der Waals surface area contributed by atoms with Crippen LogP contribution in [0.1, 0.15) is 5.56 Å². The van der Waals surface area contributed by atoms with E-state index in [1.165, 1.54) is 11.1 Å². The number of carbonyl (C=O) groups excluding carboxylic acids is 1. The highest BCUT2D eigenvalue weighted by Gasteiger charge is 2.11. The summed E-state index contributed by atoms with van der Waals surface area (Å²) in [6.07, 6.45) is 7.86. The molecular weight excluding hydrogens is 228 g/mol. The number of amides is 1. The van der Waals surface area contributed by atoms with Gasteiger partial charge in [-0.1, -0.05) is 36.4 Å². The summed E-state index contributed by atoms with van der Waals surface area (Å²) in [5.41, 5.74) is 7.10. The van der Waals surface area contributed by atoms with Crippen LogP contribution in [0.25, 0.3) is 0 Å². The predicted octanol–water partition coefficient (Wildman–Crippen LogP) is 2.51. The summed E-state index contributed by atoms with van der Waals surface area (Å²) in [5, 5.41) is 0. The molecule has 2 rings (SSSR count). The summed E-state index contributed by atoms with van der Waals surface area (Å²) in [5.74, 6) is 0. The lowest BCUT2D eigenvalue weighted by molar-refractivity contribution is 0.121. The van der Waals surface area contributed by atoms with E-state index >= 15 is 0 Å². The number of benzene rings is 1. The van der Waals surface area contributed by atoms with E-state index in [0.29, 0.717) is 5.70 Å². The largest absolute Gasteiger partial charge is 0.444 e. The van der Waals surface area contributed by atoms with E-state index in [2.05, 4.69) is 0 Å². The van der Waals surface area contributed by atoms with Gasteiger partial charge in [0, 0.05) is 18.1 Å². The van der Waals surface area contributed by atoms with E-state index in [-0.39, 0.29) is 6.61 Å². The van der Waals surface area contributed by atoms with Gasteiger partial charge in [0.05, 0.1) is 0 Å². The second-order valence-corrected chi connectivity index (χ2v) is 3.78. The minimum Gasteiger partial charge on any atom is -0.444 e. The summed E-state index contributed by atoms with van der Waals surface area (Å²) in [4.78, 5) is 13.1. The molecule has 0 atom stereocenters. The zero-order valence-electron chi connectivity index (χ0n) is 9.82. The number of ether oxygens (including phenoxy) is 1. The molecule has 4 heteroatoms. The van der Waals surface area contributed by atoms with Crippen LogP contribution in [0.3, 0.4) is 0 Å². The Kier molecular flexibility index (Phi) is 3.81. The number of hydrogen-bond donors (Lipinski definition) is 1. The van der Waals surface area contributed by atoms with E-state index in [0.717, 1.165) is 5.56 Å². The molecule has 1 aromatic carbocycles. The lowest BCUT2D eigenvalue weighted by Gasteiger charge is -2.13. The van der Waals surface area contributed by atoms with Gasteiger partial charge < -0.3 is 10.5 Å². The molecule has 1 aromatic rings. The molecular formula is C14H14N2O2. The molecule has 92 valence electrons. The maximum atomic E-state index is 11.8. The monoisotopic (exact) mass is 242 g/mol. The van der Waals surface area contributed by atoms with Crippen LogP contribution in [0.4, 0.5) is 4.79 Å². The van der Waals surface area contributed by atoms with Gasteiger partial charge in [-0.25, -0.2) is 4.79 Å². The Morgan fingerprint density at radius 2 is 2.00 bits per heavy atom. The Labute approximate surface area is 106 Å². The maximum Gasteiger partial charge on any atom is 0.418 e. The molecule has 0 fully saturated rings.